The van der Waals surface area contributed by atoms with E-state index >= 15 is 0 Å². The zero-order chi connectivity index (χ0) is 70.8. The van der Waals surface area contributed by atoms with Gasteiger partial charge < -0.3 is 69.8 Å². The van der Waals surface area contributed by atoms with Gasteiger partial charge >= 0.3 is 5.97 Å². The maximum atomic E-state index is 13.2. The Labute approximate surface area is 574 Å². The average molecular weight is 1360 g/mol. The zero-order valence-corrected chi connectivity index (χ0v) is 54.8. The lowest BCUT2D eigenvalue weighted by Crippen LogP contribution is -2.50. The first-order valence-electron chi connectivity index (χ1n) is 31.8. The second kappa shape index (κ2) is 29.9. The van der Waals surface area contributed by atoms with E-state index in [4.69, 9.17) is 30.3 Å². The molecule has 0 bridgehead atoms. The number of hydrogen-bond donors (Lipinski definition) is 6. The molecule has 12 heterocycles. The lowest BCUT2D eigenvalue weighted by atomic mass is 10.1. The summed E-state index contributed by atoms with van der Waals surface area (Å²) in [5.74, 6) is -2.25. The number of carboxylic acids is 1. The molecular formula is C72H64N18O11. The molecule has 0 aliphatic carbocycles. The van der Waals surface area contributed by atoms with Crippen LogP contribution in [0, 0.1) is 22.7 Å². The van der Waals surface area contributed by atoms with Gasteiger partial charge in [-0.1, -0.05) is 72.8 Å². The summed E-state index contributed by atoms with van der Waals surface area (Å²) in [4.78, 5) is 130. The first-order chi connectivity index (χ1) is 49.2. The molecule has 0 saturated carbocycles. The minimum absolute atomic E-state index is 0.0292. The number of carbonyl (C=O) groups is 7. The minimum atomic E-state index is -1.58. The van der Waals surface area contributed by atoms with E-state index in [1.54, 1.807) is 17.3 Å². The van der Waals surface area contributed by atoms with Gasteiger partial charge in [0.15, 0.2) is 17.1 Å². The average Bonchev–Trinajstić information content (AvgIpc) is 1.62. The summed E-state index contributed by atoms with van der Waals surface area (Å²) in [6.07, 6.45) is 13.5. The summed E-state index contributed by atoms with van der Waals surface area (Å²) < 4.78 is 15.6. The number of pyridine rings is 6. The van der Waals surface area contributed by atoms with Crippen molar-refractivity contribution in [1.82, 2.24) is 60.0 Å². The van der Waals surface area contributed by atoms with Gasteiger partial charge in [0.2, 0.25) is 0 Å². The molecule has 12 aromatic rings. The van der Waals surface area contributed by atoms with Gasteiger partial charge in [-0.3, -0.25) is 28.8 Å². The van der Waals surface area contributed by atoms with Crippen molar-refractivity contribution in [3.05, 3.63) is 181 Å². The Hall–Kier alpha value is -13.4. The number of aromatic amines is 3. The monoisotopic (exact) mass is 1360 g/mol. The van der Waals surface area contributed by atoms with Gasteiger partial charge in [-0.15, -0.1) is 0 Å². The predicted octanol–water partition coefficient (Wildman–Crippen LogP) is 6.63. The van der Waals surface area contributed by atoms with Crippen molar-refractivity contribution in [2.45, 2.75) is 0 Å². The first kappa shape index (κ1) is 67.6. The minimum Gasteiger partial charge on any atom is -0.494 e. The van der Waals surface area contributed by atoms with Crippen molar-refractivity contribution in [3.63, 3.8) is 0 Å². The van der Waals surface area contributed by atoms with E-state index in [1.165, 1.54) is 74.2 Å². The number of aromatic nitrogens is 9. The smallest absolute Gasteiger partial charge is 0.377 e. The van der Waals surface area contributed by atoms with E-state index in [-0.39, 0.29) is 61.7 Å². The van der Waals surface area contributed by atoms with Crippen LogP contribution in [0.15, 0.2) is 147 Å². The lowest BCUT2D eigenvalue weighted by Gasteiger charge is -2.35. The highest BCUT2D eigenvalue weighted by Crippen LogP contribution is 2.35. The van der Waals surface area contributed by atoms with Crippen molar-refractivity contribution in [3.8, 4) is 29.4 Å². The van der Waals surface area contributed by atoms with Gasteiger partial charge in [0, 0.05) is 132 Å². The largest absolute Gasteiger partial charge is 0.494 e. The number of carbonyl (C=O) groups excluding carboxylic acids is 6. The fourth-order valence-corrected chi connectivity index (χ4v) is 12.5. The lowest BCUT2D eigenvalue weighted by molar-refractivity contribution is -0.132. The summed E-state index contributed by atoms with van der Waals surface area (Å²) in [7, 11) is 4.24. The molecule has 29 heteroatoms. The quantitative estimate of drug-likeness (QED) is 0.0521. The molecule has 0 spiro atoms. The normalized spacial score (nSPS) is 13.6. The van der Waals surface area contributed by atoms with E-state index < -0.39 is 41.0 Å². The number of H-pyrrole nitrogens is 3. The molecule has 101 heavy (non-hydrogen) atoms. The second-order valence-electron chi connectivity index (χ2n) is 23.1. The Balaban J connectivity index is 0.000000134. The summed E-state index contributed by atoms with van der Waals surface area (Å²) in [5, 5.41) is 38.0. The van der Waals surface area contributed by atoms with E-state index in [1.807, 2.05) is 79.0 Å². The summed E-state index contributed by atoms with van der Waals surface area (Å²) in [6.45, 7) is 7.98. The highest BCUT2D eigenvalue weighted by molar-refractivity contribution is 6.46. The number of aliphatic carboxylic acids is 1. The zero-order valence-electron chi connectivity index (χ0n) is 54.8. The fourth-order valence-electron chi connectivity index (χ4n) is 12.5. The van der Waals surface area contributed by atoms with Crippen LogP contribution in [-0.2, 0) is 14.4 Å². The third-order valence-electron chi connectivity index (χ3n) is 17.6. The number of rotatable bonds is 13. The topological polar surface area (TPSA) is 394 Å². The van der Waals surface area contributed by atoms with Crippen LogP contribution >= 0.6 is 0 Å². The number of nitriles is 2. The Morgan fingerprint density at radius 1 is 0.455 bits per heavy atom. The summed E-state index contributed by atoms with van der Waals surface area (Å²) in [5.41, 5.74) is 6.70. The van der Waals surface area contributed by atoms with Crippen molar-refractivity contribution >= 4 is 124 Å². The van der Waals surface area contributed by atoms with Crippen LogP contribution in [-0.4, -0.2) is 201 Å². The molecule has 7 N–H and O–H groups in total. The number of fused-ring (bicyclic) bond motifs is 6. The number of carboxylic acid groups (broad SMARTS) is 1. The third kappa shape index (κ3) is 13.6. The van der Waals surface area contributed by atoms with Crippen molar-refractivity contribution in [2.75, 3.05) is 115 Å². The predicted molar refractivity (Wildman–Crippen MR) is 374 cm³/mol. The van der Waals surface area contributed by atoms with Crippen LogP contribution in [0.3, 0.4) is 0 Å². The number of nitrogens with one attached hydrogen (secondary N) is 4. The van der Waals surface area contributed by atoms with Gasteiger partial charge in [-0.05, 0) is 34.4 Å². The molecule has 3 aliphatic heterocycles. The molecule has 0 radical (unpaired) electrons. The summed E-state index contributed by atoms with van der Waals surface area (Å²) >= 11 is 0. The molecule has 3 saturated heterocycles. The molecule has 3 aromatic carbocycles. The number of nitrogens with two attached hydrogens (primary N) is 1. The number of Topliss-reactive ketones (excluding diaryl/α,β-unsaturated/α-hetero) is 3. The van der Waals surface area contributed by atoms with Crippen LogP contribution in [0.5, 0.6) is 17.2 Å². The Kier molecular flexibility index (Phi) is 20.0. The summed E-state index contributed by atoms with van der Waals surface area (Å²) in [6, 6.07) is 34.3. The van der Waals surface area contributed by atoms with Crippen molar-refractivity contribution in [1.29, 1.82) is 10.5 Å². The number of benzene rings is 3. The fraction of sp³-hybridized carbons (Fsp3) is 0.208. The van der Waals surface area contributed by atoms with Crippen LogP contribution in [0.25, 0.3) is 65.0 Å². The van der Waals surface area contributed by atoms with Gasteiger partial charge in [-0.25, -0.2) is 34.7 Å². The number of amides is 3. The molecule has 3 fully saturated rings. The number of ether oxygens (including phenoxy) is 3. The Morgan fingerprint density at radius 3 is 1.17 bits per heavy atom. The maximum absolute atomic E-state index is 13.2. The van der Waals surface area contributed by atoms with E-state index in [2.05, 4.69) is 95.2 Å². The SMILES string of the molecule is COc1cnc(C#N)c2[nH]cc(C(=O)C(=O)N3CCN(c4nccc5ccccc45)CC3)c12.COc1cnc(C#N)c2[nH]cc(C(=O)C(=O)O)c12.COc1cnc(C(N)=O)c2[nH]cc(C(=O)C(=O)N3CCN(c4nccc5ccccc45)CC3)c12.c1ccc2c(N3CCNCC3)nccc2c1. The number of piperazine rings is 3. The Morgan fingerprint density at radius 2 is 0.802 bits per heavy atom. The van der Waals surface area contributed by atoms with Crippen LogP contribution in [0.1, 0.15) is 53.0 Å². The van der Waals surface area contributed by atoms with E-state index in [9.17, 15) is 38.8 Å². The van der Waals surface area contributed by atoms with Crippen LogP contribution < -0.4 is 40.0 Å². The molecule has 0 unspecified atom stereocenters. The molecule has 15 rings (SSSR count). The molecule has 3 amide bonds. The first-order valence-corrected chi connectivity index (χ1v) is 31.8. The molecular weight excluding hydrogens is 1290 g/mol. The van der Waals surface area contributed by atoms with E-state index in [0.29, 0.717) is 74.4 Å². The van der Waals surface area contributed by atoms with Crippen molar-refractivity contribution in [2.24, 2.45) is 5.73 Å². The molecule has 9 aromatic heterocycles. The van der Waals surface area contributed by atoms with Crippen LogP contribution in [0.2, 0.25) is 0 Å². The molecule has 3 aliphatic rings. The maximum Gasteiger partial charge on any atom is 0.377 e. The Bertz CT molecular complexity index is 5290. The number of nitrogens with zero attached hydrogens (tertiary/aromatic N) is 13. The molecule has 29 nitrogen and oxygen atoms in total. The number of primary amides is 1. The number of ketones is 3. The highest BCUT2D eigenvalue weighted by atomic mass is 16.5. The second-order valence-corrected chi connectivity index (χ2v) is 23.1. The molecule has 0 atom stereocenters. The van der Waals surface area contributed by atoms with Gasteiger partial charge in [0.1, 0.15) is 46.8 Å². The number of anilines is 3. The number of hydrogen-bond acceptors (Lipinski definition) is 22. The van der Waals surface area contributed by atoms with Gasteiger partial charge in [0.05, 0.1) is 89.3 Å². The number of methoxy groups -OCH3 is 3. The van der Waals surface area contributed by atoms with Gasteiger partial charge in [-0.2, -0.15) is 10.5 Å². The van der Waals surface area contributed by atoms with Crippen molar-refractivity contribution < 1.29 is 52.9 Å². The van der Waals surface area contributed by atoms with E-state index in [0.717, 1.165) is 65.2 Å². The van der Waals surface area contributed by atoms with Crippen LogP contribution in [0.4, 0.5) is 17.5 Å². The third-order valence-corrected chi connectivity index (χ3v) is 17.6. The molecule has 508 valence electrons. The standard InChI is InChI=1S/C24H22N6O4.C24H20N6O3.C13H15N3.C11H7N3O4/c1-34-17-13-28-20(22(25)32)19-18(17)16(12-27-19)21(31)24(33)30-10-8-29(9-11-30)23-15-5-3-2-4-14(15)6-7-26-23;1-33-19-14-27-18(12-25)21-20(19)17(13-28-21)22(31)24(32)30-10-8-29(9-11-30)23-16-5-3-2-4-15(16)6-7-26-23;1-2-4-12-11(3-1)5-6-15-13(12)16-9-7-14-8-10-16;1-18-7-4-13-6(2-12)9-8(7)5(3-14-9)10(15)11(16)17/h2-7,12-13,27H,8-11H2,1H3,(H2,25,32);2-7,13-14,28H,8-11H2,1H3;1-6,14H,7-10H2;3-4,14H,1H3,(H,16,17). The highest BCUT2D eigenvalue weighted by Gasteiger charge is 2.33. The van der Waals surface area contributed by atoms with Gasteiger partial charge in [0.25, 0.3) is 35.1 Å².